The second kappa shape index (κ2) is 7.17. The van der Waals surface area contributed by atoms with Gasteiger partial charge in [0.05, 0.1) is 6.33 Å². The highest BCUT2D eigenvalue weighted by Gasteiger charge is 2.23. The summed E-state index contributed by atoms with van der Waals surface area (Å²) < 4.78 is 2.17. The fourth-order valence-corrected chi connectivity index (χ4v) is 2.62. The normalized spacial score (nSPS) is 16.4. The van der Waals surface area contributed by atoms with Gasteiger partial charge in [-0.3, -0.25) is 0 Å². The van der Waals surface area contributed by atoms with Gasteiger partial charge in [0.1, 0.15) is 0 Å². The zero-order valence-electron chi connectivity index (χ0n) is 10.4. The van der Waals surface area contributed by atoms with Gasteiger partial charge in [0, 0.05) is 36.9 Å². The molecule has 1 saturated carbocycles. The van der Waals surface area contributed by atoms with Crippen molar-refractivity contribution < 1.29 is 0 Å². The van der Waals surface area contributed by atoms with Crippen LogP contribution in [0.3, 0.4) is 0 Å². The molecule has 0 amide bonds. The van der Waals surface area contributed by atoms with E-state index >= 15 is 0 Å². The minimum atomic E-state index is 0.872. The van der Waals surface area contributed by atoms with Crippen molar-refractivity contribution in [1.82, 2.24) is 14.5 Å². The summed E-state index contributed by atoms with van der Waals surface area (Å²) in [7, 11) is 0. The van der Waals surface area contributed by atoms with E-state index in [1.807, 2.05) is 18.7 Å². The summed E-state index contributed by atoms with van der Waals surface area (Å²) in [6.45, 7) is 3.58. The number of imidazole rings is 1. The van der Waals surface area contributed by atoms with Crippen LogP contribution in [-0.2, 0) is 6.54 Å². The number of alkyl halides is 1. The summed E-state index contributed by atoms with van der Waals surface area (Å²) >= 11 is 3.53. The fraction of sp³-hybridized carbons (Fsp3) is 0.769. The molecule has 0 aliphatic heterocycles. The smallest absolute Gasteiger partial charge is 0.0945 e. The predicted molar refractivity (Wildman–Crippen MR) is 74.5 cm³/mol. The molecule has 0 aromatic carbocycles. The van der Waals surface area contributed by atoms with Crippen molar-refractivity contribution in [2.75, 3.05) is 18.4 Å². The molecule has 0 atom stereocenters. The maximum absolute atomic E-state index is 4.08. The average Bonchev–Trinajstić information content (AvgIpc) is 2.76. The molecule has 1 aliphatic carbocycles. The second-order valence-corrected chi connectivity index (χ2v) is 5.61. The summed E-state index contributed by atoms with van der Waals surface area (Å²) in [6, 6.07) is 0.872. The van der Waals surface area contributed by atoms with E-state index in [9.17, 15) is 0 Å². The van der Waals surface area contributed by atoms with Crippen LogP contribution in [0, 0.1) is 0 Å². The second-order valence-electron chi connectivity index (χ2n) is 4.82. The Morgan fingerprint density at radius 3 is 2.71 bits per heavy atom. The number of aryl methyl sites for hydroxylation is 1. The summed E-state index contributed by atoms with van der Waals surface area (Å²) in [5.74, 6) is 0. The molecule has 0 spiro atoms. The van der Waals surface area contributed by atoms with Gasteiger partial charge in [0.25, 0.3) is 0 Å². The van der Waals surface area contributed by atoms with Crippen molar-refractivity contribution in [3.63, 3.8) is 0 Å². The standard InChI is InChI=1S/C13H22BrN3/c14-6-2-9-17(13-4-1-5-13)10-3-8-16-11-7-15-12-16/h7,11-13H,1-6,8-10H2. The minimum absolute atomic E-state index is 0.872. The fourth-order valence-electron chi connectivity index (χ4n) is 2.37. The molecule has 96 valence electrons. The van der Waals surface area contributed by atoms with Crippen molar-refractivity contribution in [3.05, 3.63) is 18.7 Å². The summed E-state index contributed by atoms with van der Waals surface area (Å²) in [5.41, 5.74) is 0. The van der Waals surface area contributed by atoms with Gasteiger partial charge in [0.2, 0.25) is 0 Å². The summed E-state index contributed by atoms with van der Waals surface area (Å²) in [4.78, 5) is 6.76. The molecule has 0 N–H and O–H groups in total. The van der Waals surface area contributed by atoms with Gasteiger partial charge in [0.15, 0.2) is 0 Å². The maximum atomic E-state index is 4.08. The third-order valence-electron chi connectivity index (χ3n) is 3.59. The van der Waals surface area contributed by atoms with Crippen LogP contribution in [0.2, 0.25) is 0 Å². The number of hydrogen-bond donors (Lipinski definition) is 0. The van der Waals surface area contributed by atoms with E-state index in [-0.39, 0.29) is 0 Å². The Bertz CT molecular complexity index is 296. The highest BCUT2D eigenvalue weighted by atomic mass is 79.9. The number of aromatic nitrogens is 2. The van der Waals surface area contributed by atoms with Crippen LogP contribution in [0.4, 0.5) is 0 Å². The lowest BCUT2D eigenvalue weighted by Gasteiger charge is -2.37. The Kier molecular flexibility index (Phi) is 5.52. The van der Waals surface area contributed by atoms with Crippen LogP contribution in [0.1, 0.15) is 32.1 Å². The molecule has 4 heteroatoms. The lowest BCUT2D eigenvalue weighted by Crippen LogP contribution is -2.41. The third-order valence-corrected chi connectivity index (χ3v) is 4.15. The van der Waals surface area contributed by atoms with E-state index in [0.717, 1.165) is 17.9 Å². The van der Waals surface area contributed by atoms with Crippen LogP contribution < -0.4 is 0 Å². The van der Waals surface area contributed by atoms with E-state index in [2.05, 4.69) is 30.4 Å². The van der Waals surface area contributed by atoms with Crippen LogP contribution in [0.5, 0.6) is 0 Å². The molecule has 2 rings (SSSR count). The van der Waals surface area contributed by atoms with Crippen molar-refractivity contribution in [3.8, 4) is 0 Å². The molecule has 3 nitrogen and oxygen atoms in total. The first-order valence-corrected chi connectivity index (χ1v) is 7.78. The zero-order valence-corrected chi connectivity index (χ0v) is 12.0. The van der Waals surface area contributed by atoms with Gasteiger partial charge in [-0.15, -0.1) is 0 Å². The molecule has 0 saturated heterocycles. The van der Waals surface area contributed by atoms with Crippen LogP contribution >= 0.6 is 15.9 Å². The molecule has 0 unspecified atom stereocenters. The summed E-state index contributed by atoms with van der Waals surface area (Å²) in [6.07, 6.45) is 12.6. The van der Waals surface area contributed by atoms with Crippen LogP contribution in [-0.4, -0.2) is 38.9 Å². The van der Waals surface area contributed by atoms with Crippen molar-refractivity contribution in [1.29, 1.82) is 0 Å². The molecule has 0 bridgehead atoms. The van der Waals surface area contributed by atoms with Gasteiger partial charge in [-0.2, -0.15) is 0 Å². The Balaban J connectivity index is 1.68. The van der Waals surface area contributed by atoms with Crippen molar-refractivity contribution in [2.24, 2.45) is 0 Å². The van der Waals surface area contributed by atoms with E-state index in [1.54, 1.807) is 0 Å². The molecular weight excluding hydrogens is 278 g/mol. The number of halogens is 1. The molecule has 1 heterocycles. The van der Waals surface area contributed by atoms with E-state index in [0.29, 0.717) is 0 Å². The van der Waals surface area contributed by atoms with Gasteiger partial charge in [-0.1, -0.05) is 22.4 Å². The quantitative estimate of drug-likeness (QED) is 0.688. The zero-order chi connectivity index (χ0) is 11.9. The van der Waals surface area contributed by atoms with Crippen molar-refractivity contribution in [2.45, 2.75) is 44.7 Å². The lowest BCUT2D eigenvalue weighted by atomic mass is 9.91. The first-order chi connectivity index (χ1) is 8.40. The van der Waals surface area contributed by atoms with E-state index in [1.165, 1.54) is 45.2 Å². The third kappa shape index (κ3) is 4.11. The lowest BCUT2D eigenvalue weighted by molar-refractivity contribution is 0.124. The molecule has 0 radical (unpaired) electrons. The molecule has 1 aliphatic rings. The maximum Gasteiger partial charge on any atom is 0.0945 e. The predicted octanol–water partition coefficient (Wildman–Crippen LogP) is 2.91. The Hall–Kier alpha value is -0.350. The average molecular weight is 300 g/mol. The Morgan fingerprint density at radius 2 is 2.12 bits per heavy atom. The molecular formula is C13H22BrN3. The SMILES string of the molecule is BrCCCN(CCCn1ccnc1)C1CCC1. The van der Waals surface area contributed by atoms with E-state index < -0.39 is 0 Å². The monoisotopic (exact) mass is 299 g/mol. The van der Waals surface area contributed by atoms with Gasteiger partial charge in [-0.25, -0.2) is 4.98 Å². The first kappa shape index (κ1) is 13.1. The van der Waals surface area contributed by atoms with Crippen LogP contribution in [0.25, 0.3) is 0 Å². The molecule has 1 aromatic rings. The Labute approximate surface area is 112 Å². The number of rotatable bonds is 8. The molecule has 17 heavy (non-hydrogen) atoms. The van der Waals surface area contributed by atoms with E-state index in [4.69, 9.17) is 0 Å². The van der Waals surface area contributed by atoms with Gasteiger partial charge >= 0.3 is 0 Å². The summed E-state index contributed by atoms with van der Waals surface area (Å²) in [5, 5.41) is 1.12. The van der Waals surface area contributed by atoms with Gasteiger partial charge < -0.3 is 9.47 Å². The van der Waals surface area contributed by atoms with Crippen molar-refractivity contribution >= 4 is 15.9 Å². The molecule has 1 aromatic heterocycles. The molecule has 1 fully saturated rings. The number of nitrogens with zero attached hydrogens (tertiary/aromatic N) is 3. The minimum Gasteiger partial charge on any atom is -0.337 e. The van der Waals surface area contributed by atoms with Gasteiger partial charge in [-0.05, 0) is 32.2 Å². The number of hydrogen-bond acceptors (Lipinski definition) is 2. The first-order valence-electron chi connectivity index (χ1n) is 6.66. The highest BCUT2D eigenvalue weighted by Crippen LogP contribution is 2.25. The van der Waals surface area contributed by atoms with Crippen LogP contribution in [0.15, 0.2) is 18.7 Å². The largest absolute Gasteiger partial charge is 0.337 e. The topological polar surface area (TPSA) is 21.1 Å². The Morgan fingerprint density at radius 1 is 1.29 bits per heavy atom. The highest BCUT2D eigenvalue weighted by molar-refractivity contribution is 9.09.